The summed E-state index contributed by atoms with van der Waals surface area (Å²) in [7, 11) is 0. The molecule has 1 saturated heterocycles. The maximum absolute atomic E-state index is 5.82. The SMILES string of the molecule is CCN(CC)C1CCN(CC2(c3ccc(N)cc3)CC2)C1. The van der Waals surface area contributed by atoms with Crippen molar-refractivity contribution in [3.63, 3.8) is 0 Å². The number of nitrogen functional groups attached to an aromatic ring is 1. The van der Waals surface area contributed by atoms with Gasteiger partial charge in [0.25, 0.3) is 0 Å². The molecule has 1 aliphatic heterocycles. The Morgan fingerprint density at radius 1 is 1.19 bits per heavy atom. The van der Waals surface area contributed by atoms with Gasteiger partial charge in [-0.05, 0) is 56.6 Å². The van der Waals surface area contributed by atoms with Crippen LogP contribution in [-0.4, -0.2) is 48.6 Å². The Morgan fingerprint density at radius 2 is 1.86 bits per heavy atom. The molecule has 1 unspecified atom stereocenters. The molecule has 21 heavy (non-hydrogen) atoms. The number of hydrogen-bond donors (Lipinski definition) is 1. The van der Waals surface area contributed by atoms with Gasteiger partial charge in [0.05, 0.1) is 0 Å². The molecule has 3 heteroatoms. The topological polar surface area (TPSA) is 32.5 Å². The van der Waals surface area contributed by atoms with E-state index in [9.17, 15) is 0 Å². The summed E-state index contributed by atoms with van der Waals surface area (Å²) in [6.45, 7) is 10.7. The molecule has 3 rings (SSSR count). The largest absolute Gasteiger partial charge is 0.399 e. The second-order valence-electron chi connectivity index (χ2n) is 6.80. The lowest BCUT2D eigenvalue weighted by Gasteiger charge is -2.28. The van der Waals surface area contributed by atoms with E-state index in [1.165, 1.54) is 57.5 Å². The number of hydrogen-bond acceptors (Lipinski definition) is 3. The molecule has 2 N–H and O–H groups in total. The quantitative estimate of drug-likeness (QED) is 0.817. The van der Waals surface area contributed by atoms with Gasteiger partial charge >= 0.3 is 0 Å². The average molecular weight is 287 g/mol. The maximum Gasteiger partial charge on any atom is 0.0314 e. The standard InChI is InChI=1S/C18H29N3/c1-3-21(4-2)17-9-12-20(13-17)14-18(10-11-18)15-5-7-16(19)8-6-15/h5-8,17H,3-4,9-14,19H2,1-2H3. The zero-order valence-electron chi connectivity index (χ0n) is 13.5. The van der Waals surface area contributed by atoms with Crippen molar-refractivity contribution in [2.24, 2.45) is 0 Å². The molecule has 3 nitrogen and oxygen atoms in total. The molecule has 1 aliphatic carbocycles. The number of benzene rings is 1. The van der Waals surface area contributed by atoms with E-state index in [4.69, 9.17) is 5.73 Å². The fourth-order valence-corrected chi connectivity index (χ4v) is 3.95. The van der Waals surface area contributed by atoms with Crippen molar-refractivity contribution in [2.75, 3.05) is 38.5 Å². The first-order chi connectivity index (χ1) is 10.2. The second kappa shape index (κ2) is 5.98. The van der Waals surface area contributed by atoms with Crippen molar-refractivity contribution in [1.82, 2.24) is 9.80 Å². The Bertz CT molecular complexity index is 460. The van der Waals surface area contributed by atoms with Crippen LogP contribution in [0.1, 0.15) is 38.7 Å². The third-order valence-corrected chi connectivity index (χ3v) is 5.48. The van der Waals surface area contributed by atoms with Crippen molar-refractivity contribution in [3.05, 3.63) is 29.8 Å². The van der Waals surface area contributed by atoms with Crippen LogP contribution in [0.3, 0.4) is 0 Å². The molecular weight excluding hydrogens is 258 g/mol. The molecule has 1 aromatic rings. The number of likely N-dealkylation sites (N-methyl/N-ethyl adjacent to an activating group) is 1. The molecule has 0 bridgehead atoms. The summed E-state index contributed by atoms with van der Waals surface area (Å²) >= 11 is 0. The lowest BCUT2D eigenvalue weighted by Crippen LogP contribution is -2.38. The van der Waals surface area contributed by atoms with Gasteiger partial charge in [-0.1, -0.05) is 26.0 Å². The predicted octanol–water partition coefficient (Wildman–Crippen LogP) is 2.72. The fraction of sp³-hybridized carbons (Fsp3) is 0.667. The first kappa shape index (κ1) is 14.9. The van der Waals surface area contributed by atoms with Gasteiger partial charge < -0.3 is 10.6 Å². The predicted molar refractivity (Wildman–Crippen MR) is 89.5 cm³/mol. The maximum atomic E-state index is 5.82. The number of nitrogens with zero attached hydrogens (tertiary/aromatic N) is 2. The van der Waals surface area contributed by atoms with E-state index < -0.39 is 0 Å². The number of rotatable bonds is 6. The summed E-state index contributed by atoms with van der Waals surface area (Å²) in [5, 5.41) is 0. The minimum atomic E-state index is 0.422. The van der Waals surface area contributed by atoms with Crippen LogP contribution < -0.4 is 5.73 Å². The Balaban J connectivity index is 1.61. The number of nitrogens with two attached hydrogens (primary N) is 1. The van der Waals surface area contributed by atoms with Crippen LogP contribution in [0, 0.1) is 0 Å². The van der Waals surface area contributed by atoms with E-state index in [0.29, 0.717) is 5.41 Å². The van der Waals surface area contributed by atoms with E-state index >= 15 is 0 Å². The summed E-state index contributed by atoms with van der Waals surface area (Å²) in [5.41, 5.74) is 8.60. The molecule has 1 heterocycles. The highest BCUT2D eigenvalue weighted by molar-refractivity contribution is 5.43. The van der Waals surface area contributed by atoms with Crippen LogP contribution in [-0.2, 0) is 5.41 Å². The lowest BCUT2D eigenvalue weighted by molar-refractivity contribution is 0.206. The van der Waals surface area contributed by atoms with E-state index in [0.717, 1.165) is 11.7 Å². The first-order valence-corrected chi connectivity index (χ1v) is 8.49. The van der Waals surface area contributed by atoms with Crippen molar-refractivity contribution in [2.45, 2.75) is 44.6 Å². The molecule has 1 saturated carbocycles. The normalized spacial score (nSPS) is 24.6. The van der Waals surface area contributed by atoms with E-state index in [1.807, 2.05) is 0 Å². The number of anilines is 1. The molecule has 2 aliphatic rings. The van der Waals surface area contributed by atoms with Gasteiger partial charge in [0, 0.05) is 30.2 Å². The summed E-state index contributed by atoms with van der Waals surface area (Å²) in [6, 6.07) is 9.35. The summed E-state index contributed by atoms with van der Waals surface area (Å²) in [6.07, 6.45) is 4.01. The highest BCUT2D eigenvalue weighted by Crippen LogP contribution is 2.49. The van der Waals surface area contributed by atoms with Crippen LogP contribution >= 0.6 is 0 Å². The summed E-state index contributed by atoms with van der Waals surface area (Å²) in [5.74, 6) is 0. The van der Waals surface area contributed by atoms with Crippen molar-refractivity contribution in [3.8, 4) is 0 Å². The molecule has 116 valence electrons. The van der Waals surface area contributed by atoms with Crippen molar-refractivity contribution < 1.29 is 0 Å². The minimum absolute atomic E-state index is 0.422. The van der Waals surface area contributed by atoms with E-state index in [1.54, 1.807) is 0 Å². The van der Waals surface area contributed by atoms with Crippen molar-refractivity contribution >= 4 is 5.69 Å². The van der Waals surface area contributed by atoms with Gasteiger partial charge in [-0.25, -0.2) is 0 Å². The molecule has 0 amide bonds. The van der Waals surface area contributed by atoms with Crippen LogP contribution in [0.5, 0.6) is 0 Å². The van der Waals surface area contributed by atoms with Gasteiger partial charge in [-0.2, -0.15) is 0 Å². The van der Waals surface area contributed by atoms with Gasteiger partial charge in [0.15, 0.2) is 0 Å². The Morgan fingerprint density at radius 3 is 2.43 bits per heavy atom. The van der Waals surface area contributed by atoms with Gasteiger partial charge in [0.1, 0.15) is 0 Å². The Labute approximate surface area is 129 Å². The Hall–Kier alpha value is -1.06. The molecule has 0 spiro atoms. The third kappa shape index (κ3) is 3.09. The smallest absolute Gasteiger partial charge is 0.0314 e. The van der Waals surface area contributed by atoms with Crippen LogP contribution in [0.2, 0.25) is 0 Å². The highest BCUT2D eigenvalue weighted by Gasteiger charge is 2.46. The second-order valence-corrected chi connectivity index (χ2v) is 6.80. The van der Waals surface area contributed by atoms with E-state index in [2.05, 4.69) is 47.9 Å². The zero-order valence-corrected chi connectivity index (χ0v) is 13.5. The van der Waals surface area contributed by atoms with Gasteiger partial charge in [-0.3, -0.25) is 4.90 Å². The molecular formula is C18H29N3. The Kier molecular flexibility index (Phi) is 4.23. The molecule has 0 radical (unpaired) electrons. The summed E-state index contributed by atoms with van der Waals surface area (Å²) in [4.78, 5) is 5.30. The number of likely N-dealkylation sites (tertiary alicyclic amines) is 1. The molecule has 0 aromatic heterocycles. The zero-order chi connectivity index (χ0) is 14.9. The fourth-order valence-electron chi connectivity index (χ4n) is 3.95. The van der Waals surface area contributed by atoms with Crippen LogP contribution in [0.4, 0.5) is 5.69 Å². The monoisotopic (exact) mass is 287 g/mol. The van der Waals surface area contributed by atoms with E-state index in [-0.39, 0.29) is 0 Å². The van der Waals surface area contributed by atoms with Crippen molar-refractivity contribution in [1.29, 1.82) is 0 Å². The lowest BCUT2D eigenvalue weighted by atomic mass is 9.95. The molecule has 1 atom stereocenters. The third-order valence-electron chi connectivity index (χ3n) is 5.48. The summed E-state index contributed by atoms with van der Waals surface area (Å²) < 4.78 is 0. The molecule has 2 fully saturated rings. The highest BCUT2D eigenvalue weighted by atomic mass is 15.3. The average Bonchev–Trinajstić information content (AvgIpc) is 3.12. The van der Waals surface area contributed by atoms with Crippen LogP contribution in [0.25, 0.3) is 0 Å². The minimum Gasteiger partial charge on any atom is -0.399 e. The van der Waals surface area contributed by atoms with Crippen LogP contribution in [0.15, 0.2) is 24.3 Å². The molecule has 1 aromatic carbocycles. The van der Waals surface area contributed by atoms with Gasteiger partial charge in [0.2, 0.25) is 0 Å². The first-order valence-electron chi connectivity index (χ1n) is 8.49. The van der Waals surface area contributed by atoms with Gasteiger partial charge in [-0.15, -0.1) is 0 Å².